The second-order valence-corrected chi connectivity index (χ2v) is 7.91. The van der Waals surface area contributed by atoms with E-state index in [1.54, 1.807) is 11.8 Å². The summed E-state index contributed by atoms with van der Waals surface area (Å²) in [5.41, 5.74) is 0.834. The van der Waals surface area contributed by atoms with Crippen LogP contribution in [0.2, 0.25) is 0 Å². The second-order valence-electron chi connectivity index (χ2n) is 5.64. The number of benzene rings is 1. The van der Waals surface area contributed by atoms with Gasteiger partial charge in [-0.3, -0.25) is 4.90 Å². The van der Waals surface area contributed by atoms with Crippen LogP contribution < -0.4 is 4.74 Å². The zero-order chi connectivity index (χ0) is 16.8. The van der Waals surface area contributed by atoms with Crippen LogP contribution in [0.4, 0.5) is 0 Å². The van der Waals surface area contributed by atoms with Crippen molar-refractivity contribution in [2.24, 2.45) is 0 Å². The molecule has 0 amide bonds. The molecule has 1 fully saturated rings. The molecule has 1 unspecified atom stereocenters. The Morgan fingerprint density at radius 3 is 3.12 bits per heavy atom. The highest BCUT2D eigenvalue weighted by atomic mass is 32.2. The lowest BCUT2D eigenvalue weighted by molar-refractivity contribution is -0.0501. The topological polar surface area (TPSA) is 21.7 Å². The molecular formula is C19H21NO2S2. The molecule has 24 heavy (non-hydrogen) atoms. The molecule has 1 aromatic heterocycles. The molecule has 1 aliphatic heterocycles. The highest BCUT2D eigenvalue weighted by Crippen LogP contribution is 2.26. The van der Waals surface area contributed by atoms with Gasteiger partial charge in [0, 0.05) is 30.1 Å². The molecule has 0 radical (unpaired) electrons. The van der Waals surface area contributed by atoms with E-state index >= 15 is 0 Å². The minimum absolute atomic E-state index is 0.0909. The average Bonchev–Trinajstić information content (AvgIpc) is 3.08. The normalized spacial score (nSPS) is 18.2. The van der Waals surface area contributed by atoms with E-state index in [2.05, 4.69) is 29.2 Å². The van der Waals surface area contributed by atoms with E-state index in [-0.39, 0.29) is 6.10 Å². The summed E-state index contributed by atoms with van der Waals surface area (Å²) in [5, 5.41) is 0. The van der Waals surface area contributed by atoms with Gasteiger partial charge in [-0.2, -0.15) is 0 Å². The van der Waals surface area contributed by atoms with Crippen molar-refractivity contribution in [2.75, 3.05) is 32.6 Å². The Morgan fingerprint density at radius 1 is 1.42 bits per heavy atom. The number of nitrogens with zero attached hydrogens (tertiary/aromatic N) is 1. The van der Waals surface area contributed by atoms with E-state index in [1.165, 1.54) is 9.09 Å². The zero-order valence-electron chi connectivity index (χ0n) is 13.7. The largest absolute Gasteiger partial charge is 0.491 e. The first-order valence-electron chi connectivity index (χ1n) is 7.93. The Balaban J connectivity index is 1.50. The molecule has 2 aromatic rings. The van der Waals surface area contributed by atoms with Crippen molar-refractivity contribution >= 4 is 23.1 Å². The SMILES string of the molecule is C#Cc1cccc(OCC2CN(Cc3ccc(SC)s3)CCO2)c1. The third-order valence-corrected chi connectivity index (χ3v) is 6.03. The Labute approximate surface area is 152 Å². The molecule has 0 saturated carbocycles. The molecule has 1 atom stereocenters. The van der Waals surface area contributed by atoms with Gasteiger partial charge in [0.25, 0.3) is 0 Å². The monoisotopic (exact) mass is 359 g/mol. The number of terminal acetylenes is 1. The Kier molecular flexibility index (Phi) is 6.22. The van der Waals surface area contributed by atoms with E-state index in [0.29, 0.717) is 6.61 Å². The summed E-state index contributed by atoms with van der Waals surface area (Å²) < 4.78 is 13.1. The fourth-order valence-electron chi connectivity index (χ4n) is 2.66. The highest BCUT2D eigenvalue weighted by Gasteiger charge is 2.21. The molecule has 1 aromatic carbocycles. The van der Waals surface area contributed by atoms with Crippen LogP contribution in [0, 0.1) is 12.3 Å². The molecule has 0 N–H and O–H groups in total. The molecule has 0 aliphatic carbocycles. The van der Waals surface area contributed by atoms with Crippen molar-refractivity contribution in [2.45, 2.75) is 16.9 Å². The predicted octanol–water partition coefficient (Wildman–Crippen LogP) is 3.73. The van der Waals surface area contributed by atoms with Crippen LogP contribution in [0.3, 0.4) is 0 Å². The van der Waals surface area contributed by atoms with Gasteiger partial charge in [-0.15, -0.1) is 29.5 Å². The van der Waals surface area contributed by atoms with E-state index in [1.807, 2.05) is 35.6 Å². The summed E-state index contributed by atoms with van der Waals surface area (Å²) in [6, 6.07) is 12.1. The lowest BCUT2D eigenvalue weighted by Crippen LogP contribution is -2.44. The van der Waals surface area contributed by atoms with E-state index in [0.717, 1.165) is 37.6 Å². The quantitative estimate of drug-likeness (QED) is 0.579. The van der Waals surface area contributed by atoms with Gasteiger partial charge in [0.1, 0.15) is 18.5 Å². The fourth-order valence-corrected chi connectivity index (χ4v) is 4.30. The van der Waals surface area contributed by atoms with Crippen molar-refractivity contribution in [3.63, 3.8) is 0 Å². The van der Waals surface area contributed by atoms with Crippen LogP contribution in [0.5, 0.6) is 5.75 Å². The van der Waals surface area contributed by atoms with Gasteiger partial charge in [-0.05, 0) is 36.6 Å². The molecule has 1 saturated heterocycles. The maximum atomic E-state index is 5.86. The zero-order valence-corrected chi connectivity index (χ0v) is 15.4. The number of thioether (sulfide) groups is 1. The smallest absolute Gasteiger partial charge is 0.120 e. The van der Waals surface area contributed by atoms with Crippen LogP contribution in [0.1, 0.15) is 10.4 Å². The summed E-state index contributed by atoms with van der Waals surface area (Å²) in [6.07, 6.45) is 7.63. The molecule has 0 bridgehead atoms. The average molecular weight is 360 g/mol. The van der Waals surface area contributed by atoms with Crippen molar-refractivity contribution in [3.8, 4) is 18.1 Å². The Hall–Kier alpha value is -1.45. The van der Waals surface area contributed by atoms with Crippen molar-refractivity contribution in [3.05, 3.63) is 46.8 Å². The minimum atomic E-state index is 0.0909. The lowest BCUT2D eigenvalue weighted by atomic mass is 10.2. The first-order valence-corrected chi connectivity index (χ1v) is 9.97. The van der Waals surface area contributed by atoms with Crippen molar-refractivity contribution in [1.82, 2.24) is 4.90 Å². The van der Waals surface area contributed by atoms with Crippen LogP contribution in [-0.4, -0.2) is 43.6 Å². The summed E-state index contributed by atoms with van der Waals surface area (Å²) in [7, 11) is 0. The number of morpholine rings is 1. The fraction of sp³-hybridized carbons (Fsp3) is 0.368. The molecule has 1 aliphatic rings. The van der Waals surface area contributed by atoms with Gasteiger partial charge in [-0.1, -0.05) is 12.0 Å². The second kappa shape index (κ2) is 8.59. The van der Waals surface area contributed by atoms with Crippen LogP contribution in [0.15, 0.2) is 40.6 Å². The van der Waals surface area contributed by atoms with Crippen LogP contribution >= 0.6 is 23.1 Å². The first-order chi connectivity index (χ1) is 11.8. The Morgan fingerprint density at radius 2 is 2.33 bits per heavy atom. The molecule has 0 spiro atoms. The van der Waals surface area contributed by atoms with Crippen LogP contribution in [-0.2, 0) is 11.3 Å². The number of thiophene rings is 1. The summed E-state index contributed by atoms with van der Waals surface area (Å²) in [5.74, 6) is 3.43. The molecule has 5 heteroatoms. The molecular weight excluding hydrogens is 338 g/mol. The molecule has 2 heterocycles. The number of hydrogen-bond donors (Lipinski definition) is 0. The van der Waals surface area contributed by atoms with Gasteiger partial charge in [-0.25, -0.2) is 0 Å². The van der Waals surface area contributed by atoms with Gasteiger partial charge in [0.2, 0.25) is 0 Å². The van der Waals surface area contributed by atoms with Gasteiger partial charge >= 0.3 is 0 Å². The first kappa shape index (κ1) is 17.4. The molecule has 3 rings (SSSR count). The highest BCUT2D eigenvalue weighted by molar-refractivity contribution is 8.00. The van der Waals surface area contributed by atoms with E-state index in [9.17, 15) is 0 Å². The summed E-state index contributed by atoms with van der Waals surface area (Å²) in [6.45, 7) is 4.14. The van der Waals surface area contributed by atoms with Crippen molar-refractivity contribution in [1.29, 1.82) is 0 Å². The Bertz CT molecular complexity index is 707. The predicted molar refractivity (Wildman–Crippen MR) is 101 cm³/mol. The number of hydrogen-bond acceptors (Lipinski definition) is 5. The maximum Gasteiger partial charge on any atom is 0.120 e. The maximum absolute atomic E-state index is 5.86. The summed E-state index contributed by atoms with van der Waals surface area (Å²) >= 11 is 3.67. The van der Waals surface area contributed by atoms with Crippen LogP contribution in [0.25, 0.3) is 0 Å². The standard InChI is InChI=1S/C19H21NO2S2/c1-3-15-5-4-6-16(11-15)22-14-17-12-20(9-10-21-17)13-18-7-8-19(23-2)24-18/h1,4-8,11,17H,9-10,12-14H2,2H3. The third kappa shape index (κ3) is 4.78. The van der Waals surface area contributed by atoms with Gasteiger partial charge in [0.15, 0.2) is 0 Å². The number of ether oxygens (including phenoxy) is 2. The van der Waals surface area contributed by atoms with Gasteiger partial charge in [0.05, 0.1) is 10.8 Å². The minimum Gasteiger partial charge on any atom is -0.491 e. The van der Waals surface area contributed by atoms with Gasteiger partial charge < -0.3 is 9.47 Å². The lowest BCUT2D eigenvalue weighted by Gasteiger charge is -2.32. The van der Waals surface area contributed by atoms with E-state index in [4.69, 9.17) is 15.9 Å². The van der Waals surface area contributed by atoms with Crippen molar-refractivity contribution < 1.29 is 9.47 Å². The third-order valence-electron chi connectivity index (χ3n) is 3.88. The number of rotatable bonds is 6. The van der Waals surface area contributed by atoms with E-state index < -0.39 is 0 Å². The molecule has 126 valence electrons. The molecule has 3 nitrogen and oxygen atoms in total. The summed E-state index contributed by atoms with van der Waals surface area (Å²) in [4.78, 5) is 3.84.